The van der Waals surface area contributed by atoms with Crippen LogP contribution in [0.15, 0.2) is 29.1 Å². The summed E-state index contributed by atoms with van der Waals surface area (Å²) in [6, 6.07) is 4.54. The van der Waals surface area contributed by atoms with Crippen molar-refractivity contribution in [3.8, 4) is 0 Å². The Morgan fingerprint density at radius 1 is 1.44 bits per heavy atom. The van der Waals surface area contributed by atoms with Crippen LogP contribution in [0, 0.1) is 10.6 Å². The zero-order chi connectivity index (χ0) is 12.5. The summed E-state index contributed by atoms with van der Waals surface area (Å²) < 4.78 is 20.2. The molecule has 18 heavy (non-hydrogen) atoms. The van der Waals surface area contributed by atoms with Crippen LogP contribution in [-0.2, 0) is 13.0 Å². The Kier molecular flexibility index (Phi) is 2.67. The lowest BCUT2D eigenvalue weighted by atomic mass is 10.3. The first kappa shape index (κ1) is 11.1. The molecule has 1 N–H and O–H groups in total. The molecule has 5 nitrogen and oxygen atoms in total. The zero-order valence-electron chi connectivity index (χ0n) is 9.26. The van der Waals surface area contributed by atoms with Crippen molar-refractivity contribution in [1.29, 1.82) is 0 Å². The quantitative estimate of drug-likeness (QED) is 0.738. The normalized spacial score (nSPS) is 11.2. The van der Waals surface area contributed by atoms with Crippen molar-refractivity contribution in [1.82, 2.24) is 19.7 Å². The van der Waals surface area contributed by atoms with E-state index in [9.17, 15) is 4.39 Å². The number of halogens is 1. The molecule has 0 saturated carbocycles. The van der Waals surface area contributed by atoms with Crippen molar-refractivity contribution in [3.63, 3.8) is 0 Å². The van der Waals surface area contributed by atoms with Crippen LogP contribution in [-0.4, -0.2) is 19.7 Å². The predicted octanol–water partition coefficient (Wildman–Crippen LogP) is 2.46. The number of fused-ring (bicyclic) bond motifs is 1. The van der Waals surface area contributed by atoms with E-state index >= 15 is 0 Å². The summed E-state index contributed by atoms with van der Waals surface area (Å²) in [5.41, 5.74) is 1.55. The fourth-order valence-electron chi connectivity index (χ4n) is 1.87. The summed E-state index contributed by atoms with van der Waals surface area (Å²) in [7, 11) is 0. The van der Waals surface area contributed by atoms with E-state index in [2.05, 4.69) is 19.6 Å². The second kappa shape index (κ2) is 4.34. The van der Waals surface area contributed by atoms with Gasteiger partial charge in [-0.15, -0.1) is 0 Å². The summed E-state index contributed by atoms with van der Waals surface area (Å²) in [5.74, 6) is 0.331. The van der Waals surface area contributed by atoms with E-state index in [0.29, 0.717) is 29.1 Å². The van der Waals surface area contributed by atoms with Gasteiger partial charge in [0.1, 0.15) is 5.82 Å². The molecular weight excluding hydrogens is 255 g/mol. The summed E-state index contributed by atoms with van der Waals surface area (Å²) >= 11 is 5.21. The molecule has 3 rings (SSSR count). The van der Waals surface area contributed by atoms with E-state index in [-0.39, 0.29) is 5.82 Å². The summed E-state index contributed by atoms with van der Waals surface area (Å²) in [6.45, 7) is 0.615. The van der Waals surface area contributed by atoms with E-state index < -0.39 is 0 Å². The minimum absolute atomic E-state index is 0.288. The molecule has 0 aliphatic carbocycles. The lowest BCUT2D eigenvalue weighted by Gasteiger charge is -2.01. The highest BCUT2D eigenvalue weighted by Crippen LogP contribution is 2.15. The van der Waals surface area contributed by atoms with Gasteiger partial charge in [0.25, 0.3) is 0 Å². The third kappa shape index (κ3) is 1.92. The molecule has 0 saturated heterocycles. The van der Waals surface area contributed by atoms with Gasteiger partial charge >= 0.3 is 0 Å². The van der Waals surface area contributed by atoms with Crippen LogP contribution in [0.3, 0.4) is 0 Å². The number of hydrogen-bond donors (Lipinski definition) is 1. The molecule has 1 aromatic carbocycles. The van der Waals surface area contributed by atoms with E-state index in [4.69, 9.17) is 12.2 Å². The van der Waals surface area contributed by atoms with Crippen molar-refractivity contribution in [2.75, 3.05) is 0 Å². The van der Waals surface area contributed by atoms with Crippen LogP contribution in [0.1, 0.15) is 5.82 Å². The molecule has 0 spiro atoms. The van der Waals surface area contributed by atoms with Gasteiger partial charge in [0.2, 0.25) is 6.39 Å². The number of benzene rings is 1. The predicted molar refractivity (Wildman–Crippen MR) is 65.1 cm³/mol. The highest BCUT2D eigenvalue weighted by Gasteiger charge is 2.06. The number of nitrogens with one attached hydrogen (secondary N) is 1. The molecule has 7 heteroatoms. The molecule has 0 radical (unpaired) electrons. The zero-order valence-corrected chi connectivity index (χ0v) is 10.1. The molecule has 3 aromatic rings. The standard InChI is InChI=1S/C11H9FN4OS/c12-7-1-2-9-8(5-7)14-11(18)16(9)4-3-10-13-6-17-15-10/h1-2,5-6H,3-4H2,(H,14,18). The molecule has 92 valence electrons. The van der Waals surface area contributed by atoms with E-state index in [1.807, 2.05) is 4.57 Å². The fraction of sp³-hybridized carbons (Fsp3) is 0.182. The minimum Gasteiger partial charge on any atom is -0.343 e. The topological polar surface area (TPSA) is 59.6 Å². The summed E-state index contributed by atoms with van der Waals surface area (Å²) in [4.78, 5) is 6.92. The van der Waals surface area contributed by atoms with Gasteiger partial charge in [-0.2, -0.15) is 4.98 Å². The maximum atomic E-state index is 13.1. The molecule has 2 aromatic heterocycles. The molecule has 0 aliphatic heterocycles. The summed E-state index contributed by atoms with van der Waals surface area (Å²) in [6.07, 6.45) is 1.90. The first-order valence-electron chi connectivity index (χ1n) is 5.37. The Hall–Kier alpha value is -2.02. The Morgan fingerprint density at radius 2 is 2.33 bits per heavy atom. The second-order valence-corrected chi connectivity index (χ2v) is 4.23. The monoisotopic (exact) mass is 264 g/mol. The first-order chi connectivity index (χ1) is 8.74. The molecule has 0 atom stereocenters. The fourth-order valence-corrected chi connectivity index (χ4v) is 2.17. The average molecular weight is 264 g/mol. The Balaban J connectivity index is 1.96. The number of aromatic amines is 1. The van der Waals surface area contributed by atoms with E-state index in [0.717, 1.165) is 5.52 Å². The minimum atomic E-state index is -0.288. The largest absolute Gasteiger partial charge is 0.343 e. The molecule has 0 bridgehead atoms. The first-order valence-corrected chi connectivity index (χ1v) is 5.78. The van der Waals surface area contributed by atoms with E-state index in [1.165, 1.54) is 18.5 Å². The number of hydrogen-bond acceptors (Lipinski definition) is 4. The number of imidazole rings is 1. The SMILES string of the molecule is Fc1ccc2c(c1)[nH]c(=S)n2CCc1ncon1. The molecule has 0 amide bonds. The van der Waals surface area contributed by atoms with Crippen molar-refractivity contribution >= 4 is 23.3 Å². The van der Waals surface area contributed by atoms with Crippen LogP contribution in [0.2, 0.25) is 0 Å². The van der Waals surface area contributed by atoms with Crippen molar-refractivity contribution in [3.05, 3.63) is 41.0 Å². The van der Waals surface area contributed by atoms with Crippen molar-refractivity contribution in [2.24, 2.45) is 0 Å². The van der Waals surface area contributed by atoms with Gasteiger partial charge < -0.3 is 14.1 Å². The lowest BCUT2D eigenvalue weighted by molar-refractivity contribution is 0.408. The second-order valence-electron chi connectivity index (χ2n) is 3.84. The average Bonchev–Trinajstić information content (AvgIpc) is 2.93. The Labute approximate surface area is 106 Å². The number of H-pyrrole nitrogens is 1. The third-order valence-electron chi connectivity index (χ3n) is 2.70. The van der Waals surface area contributed by atoms with E-state index in [1.54, 1.807) is 6.07 Å². The van der Waals surface area contributed by atoms with Gasteiger partial charge in [-0.1, -0.05) is 5.16 Å². The highest BCUT2D eigenvalue weighted by molar-refractivity contribution is 7.71. The highest BCUT2D eigenvalue weighted by atomic mass is 32.1. The van der Waals surface area contributed by atoms with Crippen molar-refractivity contribution in [2.45, 2.75) is 13.0 Å². The van der Waals surface area contributed by atoms with Crippen LogP contribution < -0.4 is 0 Å². The third-order valence-corrected chi connectivity index (χ3v) is 3.02. The smallest absolute Gasteiger partial charge is 0.213 e. The Bertz CT molecular complexity index is 731. The Morgan fingerprint density at radius 3 is 3.11 bits per heavy atom. The number of nitrogens with zero attached hydrogens (tertiary/aromatic N) is 3. The van der Waals surface area contributed by atoms with Gasteiger partial charge in [0.05, 0.1) is 11.0 Å². The maximum absolute atomic E-state index is 13.1. The molecule has 0 aliphatic rings. The van der Waals surface area contributed by atoms with Crippen LogP contribution >= 0.6 is 12.2 Å². The number of aromatic nitrogens is 4. The van der Waals surface area contributed by atoms with Gasteiger partial charge in [0.15, 0.2) is 10.6 Å². The number of aryl methyl sites for hydroxylation is 2. The van der Waals surface area contributed by atoms with Crippen molar-refractivity contribution < 1.29 is 8.91 Å². The molecule has 2 heterocycles. The van der Waals surface area contributed by atoms with Gasteiger partial charge in [-0.3, -0.25) is 0 Å². The molecule has 0 fully saturated rings. The molecule has 0 unspecified atom stereocenters. The lowest BCUT2D eigenvalue weighted by Crippen LogP contribution is -2.02. The number of rotatable bonds is 3. The van der Waals surface area contributed by atoms with Crippen LogP contribution in [0.5, 0.6) is 0 Å². The molecular formula is C11H9FN4OS. The van der Waals surface area contributed by atoms with Gasteiger partial charge in [-0.05, 0) is 30.4 Å². The van der Waals surface area contributed by atoms with Crippen LogP contribution in [0.4, 0.5) is 4.39 Å². The van der Waals surface area contributed by atoms with Gasteiger partial charge in [-0.25, -0.2) is 4.39 Å². The van der Waals surface area contributed by atoms with Gasteiger partial charge in [0, 0.05) is 13.0 Å². The maximum Gasteiger partial charge on any atom is 0.213 e. The van der Waals surface area contributed by atoms with Crippen LogP contribution in [0.25, 0.3) is 11.0 Å². The summed E-state index contributed by atoms with van der Waals surface area (Å²) in [5, 5.41) is 3.74.